The highest BCUT2D eigenvalue weighted by Gasteiger charge is 2.29. The van der Waals surface area contributed by atoms with Gasteiger partial charge in [-0.2, -0.15) is 0 Å². The minimum Gasteiger partial charge on any atom is -0.424 e. The topological polar surface area (TPSA) is 66.2 Å². The molecule has 0 radical (unpaired) electrons. The molecule has 4 rings (SSSR count). The number of rotatable bonds is 6. The Morgan fingerprint density at radius 3 is 2.48 bits per heavy atom. The van der Waals surface area contributed by atoms with E-state index in [1.165, 1.54) is 16.7 Å². The lowest BCUT2D eigenvalue weighted by molar-refractivity contribution is 0.239. The Kier molecular flexibility index (Phi) is 5.29. The van der Waals surface area contributed by atoms with E-state index in [0.29, 0.717) is 24.2 Å². The molecular formula is C21H25N5O. The molecule has 6 nitrogen and oxygen atoms in total. The van der Waals surface area contributed by atoms with Crippen LogP contribution in [0.25, 0.3) is 11.1 Å². The van der Waals surface area contributed by atoms with Crippen molar-refractivity contribution in [3.8, 4) is 11.1 Å². The highest BCUT2D eigenvalue weighted by Crippen LogP contribution is 2.28. The van der Waals surface area contributed by atoms with Gasteiger partial charge in [0.2, 0.25) is 11.8 Å². The molecule has 2 atom stereocenters. The fourth-order valence-corrected chi connectivity index (χ4v) is 3.67. The molecule has 0 aliphatic carbocycles. The van der Waals surface area contributed by atoms with Gasteiger partial charge in [-0.05, 0) is 23.7 Å². The summed E-state index contributed by atoms with van der Waals surface area (Å²) in [6.45, 7) is 4.35. The van der Waals surface area contributed by atoms with Crippen LogP contribution >= 0.6 is 0 Å². The maximum atomic E-state index is 5.49. The zero-order valence-corrected chi connectivity index (χ0v) is 15.7. The van der Waals surface area contributed by atoms with E-state index < -0.39 is 0 Å². The molecule has 6 heteroatoms. The Hall–Kier alpha value is -2.54. The van der Waals surface area contributed by atoms with Gasteiger partial charge in [0.1, 0.15) is 0 Å². The number of hydrogen-bond donors (Lipinski definition) is 2. The van der Waals surface area contributed by atoms with Crippen molar-refractivity contribution in [1.29, 1.82) is 0 Å². The van der Waals surface area contributed by atoms with Crippen molar-refractivity contribution in [3.63, 3.8) is 0 Å². The zero-order valence-electron chi connectivity index (χ0n) is 15.7. The molecule has 0 spiro atoms. The lowest BCUT2D eigenvalue weighted by Crippen LogP contribution is -2.30. The van der Waals surface area contributed by atoms with Crippen LogP contribution in [-0.4, -0.2) is 35.2 Å². The molecular weight excluding hydrogens is 338 g/mol. The van der Waals surface area contributed by atoms with Crippen LogP contribution in [0.4, 0.5) is 0 Å². The molecule has 2 heterocycles. The van der Waals surface area contributed by atoms with Crippen molar-refractivity contribution in [1.82, 2.24) is 25.9 Å². The van der Waals surface area contributed by atoms with E-state index in [1.807, 2.05) is 13.0 Å². The van der Waals surface area contributed by atoms with Gasteiger partial charge in [0.25, 0.3) is 0 Å². The summed E-state index contributed by atoms with van der Waals surface area (Å²) in [5.74, 6) is 1.73. The number of benzene rings is 2. The minimum absolute atomic E-state index is 0.279. The van der Waals surface area contributed by atoms with Crippen molar-refractivity contribution in [2.24, 2.45) is 5.92 Å². The molecule has 2 N–H and O–H groups in total. The summed E-state index contributed by atoms with van der Waals surface area (Å²) in [7, 11) is 2.09. The van der Waals surface area contributed by atoms with Crippen LogP contribution in [0.1, 0.15) is 23.4 Å². The van der Waals surface area contributed by atoms with Crippen molar-refractivity contribution >= 4 is 0 Å². The highest BCUT2D eigenvalue weighted by atomic mass is 16.4. The minimum atomic E-state index is 0.279. The van der Waals surface area contributed by atoms with Gasteiger partial charge in [-0.15, -0.1) is 10.2 Å². The maximum absolute atomic E-state index is 5.49. The molecule has 1 fully saturated rings. The van der Waals surface area contributed by atoms with Gasteiger partial charge in [0.15, 0.2) is 0 Å². The fourth-order valence-electron chi connectivity index (χ4n) is 3.67. The van der Waals surface area contributed by atoms with Crippen LogP contribution in [-0.2, 0) is 6.54 Å². The van der Waals surface area contributed by atoms with Gasteiger partial charge in [-0.3, -0.25) is 10.3 Å². The largest absolute Gasteiger partial charge is 0.424 e. The van der Waals surface area contributed by atoms with Crippen molar-refractivity contribution < 1.29 is 4.42 Å². The first-order valence-electron chi connectivity index (χ1n) is 9.30. The van der Waals surface area contributed by atoms with Gasteiger partial charge in [0, 0.05) is 25.9 Å². The summed E-state index contributed by atoms with van der Waals surface area (Å²) in [4.78, 5) is 2.23. The molecule has 1 aromatic heterocycles. The summed E-state index contributed by atoms with van der Waals surface area (Å²) in [6.07, 6.45) is 0. The standard InChI is InChI=1S/C21H25N5O/c1-15-23-24-20(27-15)14-26(2)13-19-12-22-25-21(19)18-10-8-17(9-11-18)16-6-4-3-5-7-16/h3-11,19,21-22,25H,12-14H2,1-2H3. The van der Waals surface area contributed by atoms with Crippen LogP contribution in [0.3, 0.4) is 0 Å². The van der Waals surface area contributed by atoms with Gasteiger partial charge >= 0.3 is 0 Å². The third-order valence-electron chi connectivity index (χ3n) is 4.99. The average molecular weight is 363 g/mol. The Labute approximate surface area is 159 Å². The summed E-state index contributed by atoms with van der Waals surface area (Å²) in [6, 6.07) is 19.6. The Morgan fingerprint density at radius 2 is 1.78 bits per heavy atom. The normalized spacial score (nSPS) is 19.7. The smallest absolute Gasteiger partial charge is 0.230 e. The van der Waals surface area contributed by atoms with E-state index in [9.17, 15) is 0 Å². The third kappa shape index (κ3) is 4.24. The average Bonchev–Trinajstić information content (AvgIpc) is 3.31. The molecule has 1 aliphatic heterocycles. The third-order valence-corrected chi connectivity index (χ3v) is 4.99. The SMILES string of the molecule is Cc1nnc(CN(C)CC2CNNC2c2ccc(-c3ccccc3)cc2)o1. The second kappa shape index (κ2) is 8.00. The monoisotopic (exact) mass is 363 g/mol. The quantitative estimate of drug-likeness (QED) is 0.702. The number of nitrogens with zero attached hydrogens (tertiary/aromatic N) is 3. The molecule has 2 unspecified atom stereocenters. The Balaban J connectivity index is 1.41. The lowest BCUT2D eigenvalue weighted by Gasteiger charge is -2.24. The number of hydrogen-bond acceptors (Lipinski definition) is 6. The molecule has 3 aromatic rings. The molecule has 1 saturated heterocycles. The molecule has 1 aliphatic rings. The Morgan fingerprint density at radius 1 is 1.04 bits per heavy atom. The number of hydrazine groups is 1. The first-order chi connectivity index (χ1) is 13.2. The molecule has 27 heavy (non-hydrogen) atoms. The van der Waals surface area contributed by atoms with Gasteiger partial charge in [-0.1, -0.05) is 54.6 Å². The maximum Gasteiger partial charge on any atom is 0.230 e. The van der Waals surface area contributed by atoms with Gasteiger partial charge in [-0.25, -0.2) is 5.43 Å². The predicted octanol–water partition coefficient (Wildman–Crippen LogP) is 2.94. The lowest BCUT2D eigenvalue weighted by atomic mass is 9.93. The fraction of sp³-hybridized carbons (Fsp3) is 0.333. The van der Waals surface area contributed by atoms with Gasteiger partial charge in [0.05, 0.1) is 12.6 Å². The Bertz CT molecular complexity index is 862. The summed E-state index contributed by atoms with van der Waals surface area (Å²) >= 11 is 0. The molecule has 0 amide bonds. The van der Waals surface area contributed by atoms with Crippen LogP contribution < -0.4 is 10.9 Å². The van der Waals surface area contributed by atoms with Crippen LogP contribution in [0.15, 0.2) is 59.0 Å². The van der Waals surface area contributed by atoms with E-state index in [4.69, 9.17) is 4.42 Å². The first-order valence-corrected chi connectivity index (χ1v) is 9.30. The van der Waals surface area contributed by atoms with Crippen LogP contribution in [0.5, 0.6) is 0 Å². The molecule has 0 bridgehead atoms. The van der Waals surface area contributed by atoms with Crippen LogP contribution in [0, 0.1) is 12.8 Å². The number of aryl methyl sites for hydroxylation is 1. The van der Waals surface area contributed by atoms with E-state index in [-0.39, 0.29) is 6.04 Å². The highest BCUT2D eigenvalue weighted by molar-refractivity contribution is 5.63. The van der Waals surface area contributed by atoms with Crippen molar-refractivity contribution in [3.05, 3.63) is 71.9 Å². The second-order valence-corrected chi connectivity index (χ2v) is 7.16. The summed E-state index contributed by atoms with van der Waals surface area (Å²) in [5, 5.41) is 7.99. The number of nitrogens with one attached hydrogen (secondary N) is 2. The molecule has 2 aromatic carbocycles. The summed E-state index contributed by atoms with van der Waals surface area (Å²) in [5.41, 5.74) is 10.5. The predicted molar refractivity (Wildman–Crippen MR) is 105 cm³/mol. The second-order valence-electron chi connectivity index (χ2n) is 7.16. The number of aromatic nitrogens is 2. The van der Waals surface area contributed by atoms with E-state index in [0.717, 1.165) is 13.1 Å². The van der Waals surface area contributed by atoms with Crippen molar-refractivity contribution in [2.75, 3.05) is 20.1 Å². The zero-order chi connectivity index (χ0) is 18.6. The summed E-state index contributed by atoms with van der Waals surface area (Å²) < 4.78 is 5.49. The first kappa shape index (κ1) is 17.9. The van der Waals surface area contributed by atoms with Crippen LogP contribution in [0.2, 0.25) is 0 Å². The molecule has 0 saturated carbocycles. The van der Waals surface area contributed by atoms with E-state index in [2.05, 4.69) is 81.5 Å². The van der Waals surface area contributed by atoms with E-state index >= 15 is 0 Å². The van der Waals surface area contributed by atoms with Crippen molar-refractivity contribution in [2.45, 2.75) is 19.5 Å². The van der Waals surface area contributed by atoms with Gasteiger partial charge < -0.3 is 4.42 Å². The van der Waals surface area contributed by atoms with E-state index in [1.54, 1.807) is 0 Å². The molecule has 140 valence electrons.